The molecule has 1 saturated carbocycles. The second kappa shape index (κ2) is 5.92. The van der Waals surface area contributed by atoms with Gasteiger partial charge in [0.1, 0.15) is 5.82 Å². The van der Waals surface area contributed by atoms with Gasteiger partial charge < -0.3 is 10.6 Å². The Hall–Kier alpha value is -2.73. The minimum atomic E-state index is -0.465. The van der Waals surface area contributed by atoms with Crippen LogP contribution < -0.4 is 10.6 Å². The number of amides is 1. The number of fused-ring (bicyclic) bond motifs is 2. The molecule has 1 aliphatic heterocycles. The maximum atomic E-state index is 13.8. The van der Waals surface area contributed by atoms with Crippen LogP contribution in [0.25, 0.3) is 10.9 Å². The van der Waals surface area contributed by atoms with E-state index in [0.717, 1.165) is 18.2 Å². The number of halogens is 1. The molecule has 1 atom stereocenters. The Morgan fingerprint density at radius 1 is 1.27 bits per heavy atom. The normalized spacial score (nSPS) is 18.9. The molecule has 0 spiro atoms. The molecule has 2 aromatic carbocycles. The minimum Gasteiger partial charge on any atom is -0.322 e. The molecule has 2 heterocycles. The maximum absolute atomic E-state index is 13.8. The molecule has 0 bridgehead atoms. The zero-order chi connectivity index (χ0) is 17.7. The Bertz CT molecular complexity index is 1010. The highest BCUT2D eigenvalue weighted by Crippen LogP contribution is 2.40. The molecule has 5 rings (SSSR count). The Morgan fingerprint density at radius 3 is 3.00 bits per heavy atom. The van der Waals surface area contributed by atoms with E-state index in [9.17, 15) is 9.18 Å². The average molecular weight is 350 g/mol. The molecule has 1 aliphatic carbocycles. The lowest BCUT2D eigenvalue weighted by Gasteiger charge is -2.12. The van der Waals surface area contributed by atoms with Gasteiger partial charge in [0.2, 0.25) is 0 Å². The van der Waals surface area contributed by atoms with Crippen molar-refractivity contribution in [3.63, 3.8) is 0 Å². The van der Waals surface area contributed by atoms with Crippen molar-refractivity contribution in [2.24, 2.45) is 5.92 Å². The number of nitrogens with zero attached hydrogens (tertiary/aromatic N) is 1. The monoisotopic (exact) mass is 350 g/mol. The van der Waals surface area contributed by atoms with E-state index in [4.69, 9.17) is 0 Å². The van der Waals surface area contributed by atoms with Gasteiger partial charge in [0.05, 0.1) is 17.3 Å². The molecule has 0 unspecified atom stereocenters. The molecule has 1 aromatic heterocycles. The summed E-state index contributed by atoms with van der Waals surface area (Å²) in [7, 11) is 0. The first-order valence-corrected chi connectivity index (χ1v) is 8.97. The highest BCUT2D eigenvalue weighted by molar-refractivity contribution is 6.12. The van der Waals surface area contributed by atoms with Crippen LogP contribution in [0.3, 0.4) is 0 Å². The van der Waals surface area contributed by atoms with E-state index < -0.39 is 5.82 Å². The number of carbonyl (C=O) groups is 1. The summed E-state index contributed by atoms with van der Waals surface area (Å²) < 4.78 is 13.8. The third-order valence-electron chi connectivity index (χ3n) is 5.35. The third-order valence-corrected chi connectivity index (χ3v) is 5.35. The molecular weight excluding hydrogens is 331 g/mol. The van der Waals surface area contributed by atoms with Gasteiger partial charge >= 0.3 is 0 Å². The lowest BCUT2D eigenvalue weighted by atomic mass is 10.00. The van der Waals surface area contributed by atoms with E-state index in [-0.39, 0.29) is 11.5 Å². The predicted molar refractivity (Wildman–Crippen MR) is 97.4 cm³/mol. The van der Waals surface area contributed by atoms with Crippen LogP contribution in [0.5, 0.6) is 0 Å². The van der Waals surface area contributed by atoms with Crippen LogP contribution in [0.2, 0.25) is 0 Å². The van der Waals surface area contributed by atoms with Crippen molar-refractivity contribution in [3.05, 3.63) is 59.0 Å². The number of aromatic amines is 1. The van der Waals surface area contributed by atoms with Crippen molar-refractivity contribution in [1.82, 2.24) is 15.5 Å². The first-order valence-electron chi connectivity index (χ1n) is 8.97. The summed E-state index contributed by atoms with van der Waals surface area (Å²) in [6.45, 7) is 0.822. The minimum absolute atomic E-state index is 0.277. The van der Waals surface area contributed by atoms with Gasteiger partial charge in [-0.2, -0.15) is 5.10 Å². The SMILES string of the molecule is O=C(Nc1ccc2c(c1)CN[C@H]2CC1CC1)c1cc(F)cc2[nH]ncc12. The topological polar surface area (TPSA) is 69.8 Å². The number of aromatic nitrogens is 2. The quantitative estimate of drug-likeness (QED) is 0.668. The Balaban J connectivity index is 1.39. The lowest BCUT2D eigenvalue weighted by molar-refractivity contribution is 0.102. The van der Waals surface area contributed by atoms with Crippen molar-refractivity contribution in [2.45, 2.75) is 31.8 Å². The summed E-state index contributed by atoms with van der Waals surface area (Å²) >= 11 is 0. The molecule has 3 aromatic rings. The molecule has 6 heteroatoms. The van der Waals surface area contributed by atoms with Crippen LogP contribution in [-0.2, 0) is 6.54 Å². The highest BCUT2D eigenvalue weighted by atomic mass is 19.1. The van der Waals surface area contributed by atoms with E-state index in [2.05, 4.69) is 26.9 Å². The third kappa shape index (κ3) is 2.76. The Kier molecular flexibility index (Phi) is 3.53. The van der Waals surface area contributed by atoms with Crippen LogP contribution in [0, 0.1) is 11.7 Å². The number of carbonyl (C=O) groups excluding carboxylic acids is 1. The van der Waals surface area contributed by atoms with Gasteiger partial charge in [-0.05, 0) is 47.7 Å². The number of nitrogens with one attached hydrogen (secondary N) is 3. The summed E-state index contributed by atoms with van der Waals surface area (Å²) in [5.74, 6) is 0.0625. The van der Waals surface area contributed by atoms with Gasteiger partial charge in [-0.1, -0.05) is 18.9 Å². The Labute approximate surface area is 150 Å². The van der Waals surface area contributed by atoms with Gasteiger partial charge in [0.15, 0.2) is 0 Å². The van der Waals surface area contributed by atoms with E-state index >= 15 is 0 Å². The molecular formula is C20H19FN4O. The number of rotatable bonds is 4. The molecule has 0 radical (unpaired) electrons. The number of H-pyrrole nitrogens is 1. The van der Waals surface area contributed by atoms with E-state index in [1.54, 1.807) is 6.20 Å². The molecule has 5 nitrogen and oxygen atoms in total. The fraction of sp³-hybridized carbons (Fsp3) is 0.300. The molecule has 3 N–H and O–H groups in total. The first-order chi connectivity index (χ1) is 12.7. The van der Waals surface area contributed by atoms with Crippen LogP contribution in [0.15, 0.2) is 36.5 Å². The average Bonchev–Trinajstić information content (AvgIpc) is 3.16. The van der Waals surface area contributed by atoms with Gasteiger partial charge in [-0.3, -0.25) is 9.89 Å². The van der Waals surface area contributed by atoms with Gasteiger partial charge in [-0.25, -0.2) is 4.39 Å². The lowest BCUT2D eigenvalue weighted by Crippen LogP contribution is -2.13. The Morgan fingerprint density at radius 2 is 2.15 bits per heavy atom. The predicted octanol–water partition coefficient (Wildman–Crippen LogP) is 3.90. The zero-order valence-electron chi connectivity index (χ0n) is 14.2. The van der Waals surface area contributed by atoms with Crippen LogP contribution in [0.4, 0.5) is 10.1 Å². The van der Waals surface area contributed by atoms with Crippen LogP contribution in [0.1, 0.15) is 46.8 Å². The molecule has 2 aliphatic rings. The van der Waals surface area contributed by atoms with Gasteiger partial charge in [-0.15, -0.1) is 0 Å². The second-order valence-corrected chi connectivity index (χ2v) is 7.26. The van der Waals surface area contributed by atoms with Gasteiger partial charge in [0, 0.05) is 23.7 Å². The fourth-order valence-corrected chi connectivity index (χ4v) is 3.82. The van der Waals surface area contributed by atoms with Crippen molar-refractivity contribution < 1.29 is 9.18 Å². The van der Waals surface area contributed by atoms with E-state index in [0.29, 0.717) is 16.9 Å². The van der Waals surface area contributed by atoms with Crippen molar-refractivity contribution >= 4 is 22.5 Å². The fourth-order valence-electron chi connectivity index (χ4n) is 3.82. The molecule has 0 saturated heterocycles. The molecule has 1 amide bonds. The maximum Gasteiger partial charge on any atom is 0.256 e. The molecule has 132 valence electrons. The number of anilines is 1. The number of hydrogen-bond donors (Lipinski definition) is 3. The molecule has 1 fully saturated rings. The van der Waals surface area contributed by atoms with E-state index in [1.807, 2.05) is 12.1 Å². The second-order valence-electron chi connectivity index (χ2n) is 7.26. The largest absolute Gasteiger partial charge is 0.322 e. The summed E-state index contributed by atoms with van der Waals surface area (Å²) in [4.78, 5) is 12.7. The summed E-state index contributed by atoms with van der Waals surface area (Å²) in [5, 5.41) is 13.7. The molecule has 26 heavy (non-hydrogen) atoms. The van der Waals surface area contributed by atoms with Gasteiger partial charge in [0.25, 0.3) is 5.91 Å². The van der Waals surface area contributed by atoms with Crippen molar-refractivity contribution in [2.75, 3.05) is 5.32 Å². The zero-order valence-corrected chi connectivity index (χ0v) is 14.2. The highest BCUT2D eigenvalue weighted by Gasteiger charge is 2.30. The van der Waals surface area contributed by atoms with E-state index in [1.165, 1.54) is 42.5 Å². The summed E-state index contributed by atoms with van der Waals surface area (Å²) in [6.07, 6.45) is 5.43. The number of hydrogen-bond acceptors (Lipinski definition) is 3. The number of benzene rings is 2. The van der Waals surface area contributed by atoms with Crippen molar-refractivity contribution in [1.29, 1.82) is 0 Å². The standard InChI is InChI=1S/C20H19FN4O/c21-13-7-16(17-10-23-25-19(17)8-13)20(26)24-14-3-4-15-12(6-14)9-22-18(15)5-11-1-2-11/h3-4,6-8,10-11,18,22H,1-2,5,9H2,(H,23,25)(H,24,26)/t18-/m0/s1. The summed E-state index contributed by atoms with van der Waals surface area (Å²) in [6, 6.07) is 9.04. The first kappa shape index (κ1) is 15.5. The smallest absolute Gasteiger partial charge is 0.256 e. The van der Waals surface area contributed by atoms with Crippen LogP contribution >= 0.6 is 0 Å². The van der Waals surface area contributed by atoms with Crippen molar-refractivity contribution in [3.8, 4) is 0 Å². The van der Waals surface area contributed by atoms with Crippen LogP contribution in [-0.4, -0.2) is 16.1 Å². The summed E-state index contributed by atoms with van der Waals surface area (Å²) in [5.41, 5.74) is 4.07.